The van der Waals surface area contributed by atoms with E-state index in [4.69, 9.17) is 4.74 Å². The molecule has 0 saturated carbocycles. The Balaban J connectivity index is 1.78. The van der Waals surface area contributed by atoms with Gasteiger partial charge in [0.2, 0.25) is 15.9 Å². The van der Waals surface area contributed by atoms with E-state index in [1.165, 1.54) is 6.92 Å². The average molecular weight is 510 g/mol. The molecule has 3 aromatic carbocycles. The summed E-state index contributed by atoms with van der Waals surface area (Å²) in [6.45, 7) is 4.05. The number of carbonyl (C=O) groups is 2. The number of benzene rings is 3. The van der Waals surface area contributed by atoms with Gasteiger partial charge in [0, 0.05) is 6.54 Å². The third-order valence-corrected chi connectivity index (χ3v) is 6.65. The van der Waals surface area contributed by atoms with Gasteiger partial charge in [-0.1, -0.05) is 43.7 Å². The fraction of sp³-hybridized carbons (Fsp3) is 0.259. The van der Waals surface area contributed by atoms with Gasteiger partial charge < -0.3 is 15.4 Å². The van der Waals surface area contributed by atoms with Crippen LogP contribution in [0.5, 0.6) is 11.5 Å². The highest BCUT2D eigenvalue weighted by Crippen LogP contribution is 2.27. The van der Waals surface area contributed by atoms with Crippen LogP contribution in [0.25, 0.3) is 0 Å². The summed E-state index contributed by atoms with van der Waals surface area (Å²) in [6, 6.07) is 21.2. The highest BCUT2D eigenvalue weighted by molar-refractivity contribution is 7.92. The molecule has 1 atom stereocenters. The van der Waals surface area contributed by atoms with E-state index in [1.807, 2.05) is 37.3 Å². The molecule has 0 unspecified atom stereocenters. The van der Waals surface area contributed by atoms with Crippen molar-refractivity contribution in [2.75, 3.05) is 22.4 Å². The smallest absolute Gasteiger partial charge is 0.253 e. The first-order valence-corrected chi connectivity index (χ1v) is 13.6. The van der Waals surface area contributed by atoms with Crippen LogP contribution in [0, 0.1) is 0 Å². The van der Waals surface area contributed by atoms with Gasteiger partial charge in [-0.3, -0.25) is 13.9 Å². The third kappa shape index (κ3) is 7.08. The molecule has 0 bridgehead atoms. The molecule has 2 amide bonds. The van der Waals surface area contributed by atoms with Crippen LogP contribution < -0.4 is 19.7 Å². The van der Waals surface area contributed by atoms with Crippen molar-refractivity contribution in [2.45, 2.75) is 32.7 Å². The van der Waals surface area contributed by atoms with Crippen LogP contribution in [0.4, 0.5) is 11.4 Å². The Kier molecular flexibility index (Phi) is 9.08. The highest BCUT2D eigenvalue weighted by Gasteiger charge is 2.30. The van der Waals surface area contributed by atoms with Crippen LogP contribution in [0.3, 0.4) is 0 Å². The van der Waals surface area contributed by atoms with Crippen molar-refractivity contribution < 1.29 is 22.7 Å². The van der Waals surface area contributed by atoms with Gasteiger partial charge >= 0.3 is 0 Å². The Bertz CT molecular complexity index is 1280. The van der Waals surface area contributed by atoms with Gasteiger partial charge in [0.05, 0.1) is 23.2 Å². The summed E-state index contributed by atoms with van der Waals surface area (Å²) in [5.41, 5.74) is 0.928. The second-order valence-corrected chi connectivity index (χ2v) is 10.1. The lowest BCUT2D eigenvalue weighted by Gasteiger charge is -2.28. The van der Waals surface area contributed by atoms with E-state index >= 15 is 0 Å². The molecule has 3 aromatic rings. The molecule has 0 aromatic heterocycles. The van der Waals surface area contributed by atoms with Gasteiger partial charge in [-0.2, -0.15) is 0 Å². The molecular formula is C27H31N3O5S. The van der Waals surface area contributed by atoms with E-state index < -0.39 is 22.0 Å². The number of hydrogen-bond donors (Lipinski definition) is 2. The number of ether oxygens (including phenoxy) is 1. The highest BCUT2D eigenvalue weighted by atomic mass is 32.2. The Morgan fingerprint density at radius 3 is 2.17 bits per heavy atom. The minimum absolute atomic E-state index is 0.305. The maximum Gasteiger partial charge on any atom is 0.253 e. The molecule has 0 spiro atoms. The largest absolute Gasteiger partial charge is 0.457 e. The predicted molar refractivity (Wildman–Crippen MR) is 142 cm³/mol. The monoisotopic (exact) mass is 509 g/mol. The van der Waals surface area contributed by atoms with E-state index in [9.17, 15) is 18.0 Å². The molecule has 0 fully saturated rings. The zero-order valence-electron chi connectivity index (χ0n) is 20.6. The molecule has 0 saturated heterocycles. The number of carbonyl (C=O) groups excluding carboxylic acids is 2. The number of para-hydroxylation sites is 2. The van der Waals surface area contributed by atoms with E-state index in [0.29, 0.717) is 35.0 Å². The summed E-state index contributed by atoms with van der Waals surface area (Å²) in [7, 11) is -3.82. The molecular weight excluding hydrogens is 478 g/mol. The van der Waals surface area contributed by atoms with E-state index in [-0.39, 0.29) is 5.91 Å². The van der Waals surface area contributed by atoms with Crippen molar-refractivity contribution >= 4 is 33.2 Å². The van der Waals surface area contributed by atoms with Crippen LogP contribution in [0.15, 0.2) is 78.9 Å². The lowest BCUT2D eigenvalue weighted by Crippen LogP contribution is -2.45. The summed E-state index contributed by atoms with van der Waals surface area (Å²) in [6.07, 6.45) is 2.83. The normalized spacial score (nSPS) is 11.9. The molecule has 2 N–H and O–H groups in total. The number of amides is 2. The van der Waals surface area contributed by atoms with Crippen molar-refractivity contribution in [1.82, 2.24) is 5.32 Å². The fourth-order valence-electron chi connectivity index (χ4n) is 3.60. The number of anilines is 2. The molecule has 3 rings (SSSR count). The summed E-state index contributed by atoms with van der Waals surface area (Å²) in [5.74, 6) is 0.300. The minimum atomic E-state index is -3.82. The molecule has 0 aliphatic carbocycles. The molecule has 0 radical (unpaired) electrons. The topological polar surface area (TPSA) is 105 Å². The second-order valence-electron chi connectivity index (χ2n) is 8.29. The standard InChI is InChI=1S/C27H31N3O5S/c1-4-5-19-28-27(32)24-13-9-10-14-25(24)29-26(31)20(2)30(36(3,33)34)21-15-17-23(18-16-21)35-22-11-7-6-8-12-22/h6-18,20H,4-5,19H2,1-3H3,(H,28,32)(H,29,31)/t20-/m1/s1. The maximum absolute atomic E-state index is 13.1. The van der Waals surface area contributed by atoms with Crippen molar-refractivity contribution in [1.29, 1.82) is 0 Å². The van der Waals surface area contributed by atoms with Crippen molar-refractivity contribution in [3.8, 4) is 11.5 Å². The van der Waals surface area contributed by atoms with Crippen LogP contribution in [-0.4, -0.2) is 39.1 Å². The SMILES string of the molecule is CCCCNC(=O)c1ccccc1NC(=O)[C@@H](C)N(c1ccc(Oc2ccccc2)cc1)S(C)(=O)=O. The lowest BCUT2D eigenvalue weighted by atomic mass is 10.1. The summed E-state index contributed by atoms with van der Waals surface area (Å²) < 4.78 is 32.2. The lowest BCUT2D eigenvalue weighted by molar-refractivity contribution is -0.116. The van der Waals surface area contributed by atoms with Gasteiger partial charge in [-0.25, -0.2) is 8.42 Å². The molecule has 0 aliphatic rings. The molecule has 190 valence electrons. The van der Waals surface area contributed by atoms with Crippen LogP contribution in [0.1, 0.15) is 37.0 Å². The third-order valence-electron chi connectivity index (χ3n) is 5.40. The van der Waals surface area contributed by atoms with E-state index in [2.05, 4.69) is 10.6 Å². The van der Waals surface area contributed by atoms with Crippen molar-refractivity contribution in [3.63, 3.8) is 0 Å². The first kappa shape index (κ1) is 26.7. The van der Waals surface area contributed by atoms with Gasteiger partial charge in [0.15, 0.2) is 0 Å². The first-order valence-electron chi connectivity index (χ1n) is 11.7. The Morgan fingerprint density at radius 2 is 1.53 bits per heavy atom. The van der Waals surface area contributed by atoms with Crippen LogP contribution >= 0.6 is 0 Å². The summed E-state index contributed by atoms with van der Waals surface area (Å²) in [5, 5.41) is 5.55. The Hall–Kier alpha value is -3.85. The van der Waals surface area contributed by atoms with E-state index in [1.54, 1.807) is 48.5 Å². The van der Waals surface area contributed by atoms with Crippen LogP contribution in [-0.2, 0) is 14.8 Å². The summed E-state index contributed by atoms with van der Waals surface area (Å²) >= 11 is 0. The molecule has 0 heterocycles. The van der Waals surface area contributed by atoms with E-state index in [0.717, 1.165) is 23.4 Å². The van der Waals surface area contributed by atoms with Crippen molar-refractivity contribution in [3.05, 3.63) is 84.4 Å². The average Bonchev–Trinajstić information content (AvgIpc) is 2.85. The number of rotatable bonds is 11. The van der Waals surface area contributed by atoms with Crippen LogP contribution in [0.2, 0.25) is 0 Å². The van der Waals surface area contributed by atoms with Gasteiger partial charge in [-0.05, 0) is 61.9 Å². The molecule has 36 heavy (non-hydrogen) atoms. The number of nitrogens with zero attached hydrogens (tertiary/aromatic N) is 1. The number of hydrogen-bond acceptors (Lipinski definition) is 5. The minimum Gasteiger partial charge on any atom is -0.457 e. The molecule has 0 aliphatic heterocycles. The quantitative estimate of drug-likeness (QED) is 0.361. The fourth-order valence-corrected chi connectivity index (χ4v) is 4.77. The second kappa shape index (κ2) is 12.2. The van der Waals surface area contributed by atoms with Gasteiger partial charge in [0.1, 0.15) is 17.5 Å². The Morgan fingerprint density at radius 1 is 0.917 bits per heavy atom. The summed E-state index contributed by atoms with van der Waals surface area (Å²) in [4.78, 5) is 25.7. The predicted octanol–water partition coefficient (Wildman–Crippen LogP) is 4.80. The van der Waals surface area contributed by atoms with Gasteiger partial charge in [0.25, 0.3) is 5.91 Å². The number of nitrogens with one attached hydrogen (secondary N) is 2. The number of sulfonamides is 1. The zero-order chi connectivity index (χ0) is 26.1. The maximum atomic E-state index is 13.1. The molecule has 9 heteroatoms. The zero-order valence-corrected chi connectivity index (χ0v) is 21.4. The molecule has 8 nitrogen and oxygen atoms in total. The van der Waals surface area contributed by atoms with Gasteiger partial charge in [-0.15, -0.1) is 0 Å². The number of unbranched alkanes of at least 4 members (excludes halogenated alkanes) is 1. The van der Waals surface area contributed by atoms with Crippen molar-refractivity contribution in [2.24, 2.45) is 0 Å². The Labute approximate surface area is 212 Å². The first-order chi connectivity index (χ1) is 17.2.